The zero-order valence-corrected chi connectivity index (χ0v) is 15.5. The molecule has 0 bridgehead atoms. The van der Waals surface area contributed by atoms with E-state index in [0.29, 0.717) is 13.2 Å². The maximum absolute atomic E-state index is 11.7. The third-order valence-corrected chi connectivity index (χ3v) is 4.45. The number of ether oxygens (including phenoxy) is 2. The van der Waals surface area contributed by atoms with E-state index in [1.54, 1.807) is 0 Å². The fourth-order valence-electron chi connectivity index (χ4n) is 2.88. The summed E-state index contributed by atoms with van der Waals surface area (Å²) in [5.74, 6) is 0.211. The molecule has 2 rings (SSSR count). The maximum Gasteiger partial charge on any atom is 0.309 e. The van der Waals surface area contributed by atoms with Crippen LogP contribution in [0.2, 0.25) is 0 Å². The third-order valence-electron chi connectivity index (χ3n) is 4.45. The van der Waals surface area contributed by atoms with Gasteiger partial charge in [0, 0.05) is 0 Å². The summed E-state index contributed by atoms with van der Waals surface area (Å²) in [7, 11) is 0. The van der Waals surface area contributed by atoms with E-state index in [1.165, 1.54) is 5.56 Å². The first kappa shape index (κ1) is 19.3. The van der Waals surface area contributed by atoms with E-state index in [2.05, 4.69) is 38.2 Å². The normalized spacial score (nSPS) is 15.0. The van der Waals surface area contributed by atoms with Crippen LogP contribution in [0.25, 0.3) is 0 Å². The van der Waals surface area contributed by atoms with Crippen LogP contribution in [0.4, 0.5) is 0 Å². The van der Waals surface area contributed by atoms with E-state index in [0.717, 1.165) is 31.4 Å². The number of benzene rings is 1. The minimum atomic E-state index is -0.293. The van der Waals surface area contributed by atoms with Gasteiger partial charge in [-0.15, -0.1) is 0 Å². The van der Waals surface area contributed by atoms with Crippen molar-refractivity contribution in [3.8, 4) is 5.75 Å². The van der Waals surface area contributed by atoms with Gasteiger partial charge in [0.1, 0.15) is 12.4 Å². The number of esters is 1. The van der Waals surface area contributed by atoms with Gasteiger partial charge in [-0.05, 0) is 36.0 Å². The van der Waals surface area contributed by atoms with Gasteiger partial charge in [-0.1, -0.05) is 45.7 Å². The van der Waals surface area contributed by atoms with Gasteiger partial charge in [0.05, 0.1) is 12.5 Å². The summed E-state index contributed by atoms with van der Waals surface area (Å²) in [5.41, 5.74) is 1.36. The molecule has 1 aliphatic rings. The highest BCUT2D eigenvalue weighted by Gasteiger charge is 2.24. The average molecular weight is 347 g/mol. The number of rotatable bonds is 7. The highest BCUT2D eigenvalue weighted by molar-refractivity contribution is 5.81. The Morgan fingerprint density at radius 3 is 2.36 bits per heavy atom. The zero-order valence-electron chi connectivity index (χ0n) is 15.5. The van der Waals surface area contributed by atoms with Gasteiger partial charge in [-0.25, -0.2) is 0 Å². The summed E-state index contributed by atoms with van der Waals surface area (Å²) >= 11 is 0. The van der Waals surface area contributed by atoms with Crippen LogP contribution in [-0.4, -0.2) is 31.6 Å². The molecular weight excluding hydrogens is 318 g/mol. The van der Waals surface area contributed by atoms with Gasteiger partial charge in [0.2, 0.25) is 0 Å². The summed E-state index contributed by atoms with van der Waals surface area (Å²) in [5, 5.41) is 2.69. The van der Waals surface area contributed by atoms with Gasteiger partial charge in [-0.3, -0.25) is 9.59 Å². The zero-order chi connectivity index (χ0) is 18.3. The Bertz CT molecular complexity index is 568. The lowest BCUT2D eigenvalue weighted by molar-refractivity contribution is -0.152. The summed E-state index contributed by atoms with van der Waals surface area (Å²) in [6.07, 6.45) is 3.89. The fraction of sp³-hybridized carbons (Fsp3) is 0.600. The van der Waals surface area contributed by atoms with Gasteiger partial charge in [0.25, 0.3) is 5.91 Å². The Kier molecular flexibility index (Phi) is 6.85. The van der Waals surface area contributed by atoms with Crippen LogP contribution in [0.15, 0.2) is 24.3 Å². The number of hydrogen-bond acceptors (Lipinski definition) is 4. The topological polar surface area (TPSA) is 64.6 Å². The molecule has 0 unspecified atom stereocenters. The lowest BCUT2D eigenvalue weighted by Crippen LogP contribution is -2.32. The van der Waals surface area contributed by atoms with Crippen molar-refractivity contribution < 1.29 is 19.1 Å². The second kappa shape index (κ2) is 8.88. The molecule has 1 fully saturated rings. The van der Waals surface area contributed by atoms with Crippen LogP contribution in [0.3, 0.4) is 0 Å². The molecule has 0 atom stereocenters. The lowest BCUT2D eigenvalue weighted by Gasteiger charge is -2.19. The number of carbonyl (C=O) groups excluding carboxylic acids is 2. The van der Waals surface area contributed by atoms with E-state index in [-0.39, 0.29) is 29.8 Å². The van der Waals surface area contributed by atoms with Crippen molar-refractivity contribution in [2.45, 2.75) is 51.9 Å². The smallest absolute Gasteiger partial charge is 0.309 e. The van der Waals surface area contributed by atoms with Crippen molar-refractivity contribution >= 4 is 11.9 Å². The molecule has 1 amide bonds. The van der Waals surface area contributed by atoms with Crippen LogP contribution < -0.4 is 10.1 Å². The molecule has 1 aromatic carbocycles. The molecule has 0 aliphatic heterocycles. The summed E-state index contributed by atoms with van der Waals surface area (Å²) in [6, 6.07) is 7.98. The van der Waals surface area contributed by atoms with Crippen molar-refractivity contribution in [1.29, 1.82) is 0 Å². The van der Waals surface area contributed by atoms with Gasteiger partial charge >= 0.3 is 5.97 Å². The molecule has 1 saturated carbocycles. The summed E-state index contributed by atoms with van der Waals surface area (Å²) in [4.78, 5) is 23.4. The predicted molar refractivity (Wildman–Crippen MR) is 96.6 cm³/mol. The first-order valence-electron chi connectivity index (χ1n) is 9.03. The van der Waals surface area contributed by atoms with Crippen molar-refractivity contribution in [1.82, 2.24) is 5.32 Å². The number of nitrogens with one attached hydrogen (secondary N) is 1. The Balaban J connectivity index is 1.60. The number of carbonyl (C=O) groups is 2. The van der Waals surface area contributed by atoms with Gasteiger partial charge in [0.15, 0.2) is 6.61 Å². The Morgan fingerprint density at radius 1 is 1.12 bits per heavy atom. The van der Waals surface area contributed by atoms with Crippen LogP contribution in [0.5, 0.6) is 5.75 Å². The number of amides is 1. The van der Waals surface area contributed by atoms with E-state index in [4.69, 9.17) is 9.47 Å². The average Bonchev–Trinajstić information content (AvgIpc) is 3.11. The second-order valence-corrected chi connectivity index (χ2v) is 7.56. The largest absolute Gasteiger partial charge is 0.492 e. The fourth-order valence-corrected chi connectivity index (χ4v) is 2.88. The Labute approximate surface area is 150 Å². The molecule has 0 heterocycles. The van der Waals surface area contributed by atoms with Crippen molar-refractivity contribution in [2.24, 2.45) is 5.92 Å². The van der Waals surface area contributed by atoms with Crippen LogP contribution in [-0.2, 0) is 19.7 Å². The highest BCUT2D eigenvalue weighted by atomic mass is 16.5. The van der Waals surface area contributed by atoms with Crippen molar-refractivity contribution in [3.63, 3.8) is 0 Å². The van der Waals surface area contributed by atoms with Crippen molar-refractivity contribution in [2.75, 3.05) is 19.8 Å². The van der Waals surface area contributed by atoms with Gasteiger partial charge in [-0.2, -0.15) is 0 Å². The van der Waals surface area contributed by atoms with Crippen LogP contribution in [0, 0.1) is 5.92 Å². The molecule has 5 nitrogen and oxygen atoms in total. The molecular formula is C20H29NO4. The summed E-state index contributed by atoms with van der Waals surface area (Å²) < 4.78 is 10.7. The minimum Gasteiger partial charge on any atom is -0.492 e. The van der Waals surface area contributed by atoms with Gasteiger partial charge < -0.3 is 14.8 Å². The second-order valence-electron chi connectivity index (χ2n) is 7.56. The maximum atomic E-state index is 11.7. The summed E-state index contributed by atoms with van der Waals surface area (Å²) in [6.45, 7) is 7.03. The first-order valence-corrected chi connectivity index (χ1v) is 9.03. The SMILES string of the molecule is CC(C)(C)c1ccc(OCCNC(=O)COC(=O)C2CCCC2)cc1. The molecule has 138 valence electrons. The molecule has 5 heteroatoms. The minimum absolute atomic E-state index is 0.0211. The molecule has 25 heavy (non-hydrogen) atoms. The molecule has 1 aliphatic carbocycles. The molecule has 0 spiro atoms. The quantitative estimate of drug-likeness (QED) is 0.608. The third kappa shape index (κ3) is 6.40. The first-order chi connectivity index (χ1) is 11.9. The molecule has 1 N–H and O–H groups in total. The standard InChI is InChI=1S/C20H29NO4/c1-20(2,3)16-8-10-17(11-9-16)24-13-12-21-18(22)14-25-19(23)15-6-4-5-7-15/h8-11,15H,4-7,12-14H2,1-3H3,(H,21,22). The van der Waals surface area contributed by atoms with E-state index < -0.39 is 0 Å². The Morgan fingerprint density at radius 2 is 1.76 bits per heavy atom. The van der Waals surface area contributed by atoms with Crippen LogP contribution in [0.1, 0.15) is 52.0 Å². The Hall–Kier alpha value is -2.04. The number of hydrogen-bond donors (Lipinski definition) is 1. The monoisotopic (exact) mass is 347 g/mol. The molecule has 0 aromatic heterocycles. The van der Waals surface area contributed by atoms with Crippen molar-refractivity contribution in [3.05, 3.63) is 29.8 Å². The van der Waals surface area contributed by atoms with Crippen LogP contribution >= 0.6 is 0 Å². The van der Waals surface area contributed by atoms with E-state index in [1.807, 2.05) is 12.1 Å². The van der Waals surface area contributed by atoms with E-state index >= 15 is 0 Å². The molecule has 0 saturated heterocycles. The lowest BCUT2D eigenvalue weighted by atomic mass is 9.87. The predicted octanol–water partition coefficient (Wildman–Crippen LogP) is 3.21. The molecule has 1 aromatic rings. The molecule has 0 radical (unpaired) electrons. The highest BCUT2D eigenvalue weighted by Crippen LogP contribution is 2.25. The van der Waals surface area contributed by atoms with E-state index in [9.17, 15) is 9.59 Å².